The quantitative estimate of drug-likeness (QED) is 0.351. The molecule has 0 bridgehead atoms. The van der Waals surface area contributed by atoms with Crippen molar-refractivity contribution in [1.29, 1.82) is 0 Å². The molecule has 0 amide bonds. The minimum absolute atomic E-state index is 0.343. The molecule has 0 N–H and O–H groups in total. The van der Waals surface area contributed by atoms with Crippen LogP contribution in [-0.4, -0.2) is 58.5 Å². The first-order chi connectivity index (χ1) is 13.5. The van der Waals surface area contributed by atoms with Crippen molar-refractivity contribution in [3.05, 3.63) is 41.2 Å². The van der Waals surface area contributed by atoms with Crippen LogP contribution in [0.15, 0.2) is 35.6 Å². The zero-order chi connectivity index (χ0) is 19.7. The van der Waals surface area contributed by atoms with E-state index in [0.717, 1.165) is 52.6 Å². The Morgan fingerprint density at radius 3 is 2.96 bits per heavy atom. The monoisotopic (exact) mass is 412 g/mol. The molecular weight excluding hydrogens is 387 g/mol. The van der Waals surface area contributed by atoms with Crippen molar-refractivity contribution in [2.45, 2.75) is 25.8 Å². The van der Waals surface area contributed by atoms with Gasteiger partial charge in [0.2, 0.25) is 0 Å². The third-order valence-electron chi connectivity index (χ3n) is 4.88. The Hall–Kier alpha value is -1.95. The van der Waals surface area contributed by atoms with Gasteiger partial charge in [0.25, 0.3) is 0 Å². The van der Waals surface area contributed by atoms with Gasteiger partial charge in [-0.15, -0.1) is 0 Å². The summed E-state index contributed by atoms with van der Waals surface area (Å²) in [4.78, 5) is 24.0. The average Bonchev–Trinajstić information content (AvgIpc) is 3.25. The Bertz CT molecular complexity index is 1010. The molecule has 0 spiro atoms. The molecule has 0 radical (unpaired) electrons. The topological polar surface area (TPSA) is 57.5 Å². The van der Waals surface area contributed by atoms with E-state index in [1.165, 1.54) is 11.3 Å². The largest absolute Gasteiger partial charge is 0.321 e. The fraction of sp³-hybridized carbons (Fsp3) is 0.400. The summed E-state index contributed by atoms with van der Waals surface area (Å²) in [6.45, 7) is 4.06. The van der Waals surface area contributed by atoms with Gasteiger partial charge < -0.3 is 9.80 Å². The van der Waals surface area contributed by atoms with Crippen LogP contribution in [0.25, 0.3) is 10.3 Å². The molecule has 0 saturated heterocycles. The van der Waals surface area contributed by atoms with E-state index in [0.29, 0.717) is 6.04 Å². The Morgan fingerprint density at radius 2 is 2.14 bits per heavy atom. The Balaban J connectivity index is 1.66. The normalized spacial score (nSPS) is 17.0. The van der Waals surface area contributed by atoms with E-state index in [9.17, 15) is 0 Å². The summed E-state index contributed by atoms with van der Waals surface area (Å²) in [5.41, 5.74) is 4.32. The van der Waals surface area contributed by atoms with Gasteiger partial charge in [0.1, 0.15) is 21.7 Å². The molecule has 8 heteroatoms. The molecule has 28 heavy (non-hydrogen) atoms. The number of anilines is 2. The maximum atomic E-state index is 4.87. The number of nitrogens with zero attached hydrogens (tertiary/aromatic N) is 6. The van der Waals surface area contributed by atoms with Gasteiger partial charge in [0, 0.05) is 18.3 Å². The standard InChI is InChI=1S/C20H25N6PS/c1-13-11-14-7-4-5-8-15(14)26(13)17-16-19(23-12-22-17)28-20(24-16)18(27)21-9-6-10-25(2)3/h4-5,7-8,12-13H,6,9-11,27H2,1-3H3. The molecule has 1 aliphatic rings. The molecule has 2 unspecified atom stereocenters. The van der Waals surface area contributed by atoms with E-state index in [-0.39, 0.29) is 0 Å². The smallest absolute Gasteiger partial charge is 0.164 e. The molecule has 3 heterocycles. The van der Waals surface area contributed by atoms with Crippen molar-refractivity contribution < 1.29 is 0 Å². The van der Waals surface area contributed by atoms with Crippen LogP contribution in [0.2, 0.25) is 0 Å². The summed E-state index contributed by atoms with van der Waals surface area (Å²) in [5.74, 6) is 0.885. The van der Waals surface area contributed by atoms with E-state index in [2.05, 4.69) is 79.3 Å². The number of hydrogen-bond acceptors (Lipinski definition) is 7. The molecule has 1 aliphatic heterocycles. The van der Waals surface area contributed by atoms with Crippen LogP contribution in [0.3, 0.4) is 0 Å². The Labute approximate surface area is 171 Å². The summed E-state index contributed by atoms with van der Waals surface area (Å²) in [6, 6.07) is 8.87. The number of aromatic nitrogens is 3. The first kappa shape index (κ1) is 19.4. The van der Waals surface area contributed by atoms with Crippen molar-refractivity contribution in [2.75, 3.05) is 32.1 Å². The average molecular weight is 413 g/mol. The molecule has 2 aromatic heterocycles. The van der Waals surface area contributed by atoms with Crippen molar-refractivity contribution in [2.24, 2.45) is 4.99 Å². The van der Waals surface area contributed by atoms with Gasteiger partial charge in [-0.3, -0.25) is 4.99 Å². The number of rotatable bonds is 6. The number of aliphatic imine (C=N–C) groups is 1. The zero-order valence-electron chi connectivity index (χ0n) is 16.5. The third-order valence-corrected chi connectivity index (χ3v) is 6.53. The third kappa shape index (κ3) is 3.79. The summed E-state index contributed by atoms with van der Waals surface area (Å²) in [5, 5.41) is 0.895. The van der Waals surface area contributed by atoms with Gasteiger partial charge in [-0.25, -0.2) is 15.0 Å². The molecule has 3 aromatic rings. The fourth-order valence-electron chi connectivity index (χ4n) is 3.57. The number of fused-ring (bicyclic) bond motifs is 2. The summed E-state index contributed by atoms with van der Waals surface area (Å²) in [7, 11) is 6.89. The predicted molar refractivity (Wildman–Crippen MR) is 121 cm³/mol. The lowest BCUT2D eigenvalue weighted by molar-refractivity contribution is 0.403. The van der Waals surface area contributed by atoms with Crippen LogP contribution < -0.4 is 4.90 Å². The van der Waals surface area contributed by atoms with Crippen LogP contribution in [0.4, 0.5) is 11.5 Å². The van der Waals surface area contributed by atoms with Crippen molar-refractivity contribution in [3.63, 3.8) is 0 Å². The highest BCUT2D eigenvalue weighted by molar-refractivity contribution is 7.44. The Kier molecular flexibility index (Phi) is 5.67. The maximum Gasteiger partial charge on any atom is 0.164 e. The lowest BCUT2D eigenvalue weighted by Crippen LogP contribution is -2.25. The van der Waals surface area contributed by atoms with Crippen LogP contribution in [-0.2, 0) is 6.42 Å². The predicted octanol–water partition coefficient (Wildman–Crippen LogP) is 3.74. The van der Waals surface area contributed by atoms with Gasteiger partial charge in [-0.2, -0.15) is 0 Å². The summed E-state index contributed by atoms with van der Waals surface area (Å²) < 4.78 is 0. The molecule has 0 aliphatic carbocycles. The lowest BCUT2D eigenvalue weighted by atomic mass is 10.1. The molecule has 2 atom stereocenters. The van der Waals surface area contributed by atoms with Crippen molar-refractivity contribution in [1.82, 2.24) is 19.9 Å². The molecular formula is C20H25N6PS. The second kappa shape index (κ2) is 8.19. The zero-order valence-corrected chi connectivity index (χ0v) is 18.4. The second-order valence-electron chi connectivity index (χ2n) is 7.35. The van der Waals surface area contributed by atoms with E-state index in [1.54, 1.807) is 17.7 Å². The first-order valence-corrected chi connectivity index (χ1v) is 10.9. The lowest BCUT2D eigenvalue weighted by Gasteiger charge is -2.23. The Morgan fingerprint density at radius 1 is 1.32 bits per heavy atom. The minimum atomic E-state index is 0.343. The first-order valence-electron chi connectivity index (χ1n) is 9.48. The van der Waals surface area contributed by atoms with Crippen molar-refractivity contribution >= 4 is 47.9 Å². The SMILES string of the molecule is CC1Cc2ccccc2N1c1ncnc2sc(C(P)=NCCCN(C)C)nc12. The molecule has 1 aromatic carbocycles. The highest BCUT2D eigenvalue weighted by atomic mass is 32.1. The number of benzene rings is 1. The fourth-order valence-corrected chi connectivity index (χ4v) is 4.76. The number of hydrogen-bond donors (Lipinski definition) is 0. The molecule has 146 valence electrons. The van der Waals surface area contributed by atoms with Gasteiger partial charge in [0.15, 0.2) is 5.82 Å². The van der Waals surface area contributed by atoms with Gasteiger partial charge in [-0.1, -0.05) is 38.8 Å². The van der Waals surface area contributed by atoms with Gasteiger partial charge >= 0.3 is 0 Å². The summed E-state index contributed by atoms with van der Waals surface area (Å²) >= 11 is 1.57. The van der Waals surface area contributed by atoms with E-state index in [1.807, 2.05) is 0 Å². The molecule has 4 rings (SSSR count). The van der Waals surface area contributed by atoms with Gasteiger partial charge in [0.05, 0.1) is 5.45 Å². The summed E-state index contributed by atoms with van der Waals surface area (Å²) in [6.07, 6.45) is 3.69. The van der Waals surface area contributed by atoms with E-state index < -0.39 is 0 Å². The molecule has 6 nitrogen and oxygen atoms in total. The van der Waals surface area contributed by atoms with Crippen LogP contribution in [0.5, 0.6) is 0 Å². The molecule has 0 saturated carbocycles. The second-order valence-corrected chi connectivity index (χ2v) is 8.87. The maximum absolute atomic E-state index is 4.87. The van der Waals surface area contributed by atoms with Crippen LogP contribution in [0.1, 0.15) is 23.9 Å². The number of para-hydroxylation sites is 1. The van der Waals surface area contributed by atoms with Crippen LogP contribution >= 0.6 is 20.6 Å². The minimum Gasteiger partial charge on any atom is -0.321 e. The highest BCUT2D eigenvalue weighted by Crippen LogP contribution is 2.40. The van der Waals surface area contributed by atoms with Crippen LogP contribution in [0, 0.1) is 0 Å². The highest BCUT2D eigenvalue weighted by Gasteiger charge is 2.30. The van der Waals surface area contributed by atoms with Gasteiger partial charge in [-0.05, 0) is 52.0 Å². The molecule has 0 fully saturated rings. The van der Waals surface area contributed by atoms with Crippen molar-refractivity contribution in [3.8, 4) is 0 Å². The number of thiazole rings is 1. The van der Waals surface area contributed by atoms with E-state index >= 15 is 0 Å². The van der Waals surface area contributed by atoms with E-state index in [4.69, 9.17) is 4.98 Å².